The first-order valence-corrected chi connectivity index (χ1v) is 5.60. The normalized spacial score (nSPS) is 12.9. The van der Waals surface area contributed by atoms with Gasteiger partial charge in [-0.3, -0.25) is 0 Å². The van der Waals surface area contributed by atoms with E-state index in [4.69, 9.17) is 5.73 Å². The van der Waals surface area contributed by atoms with Crippen LogP contribution in [0, 0.1) is 0 Å². The fourth-order valence-corrected chi connectivity index (χ4v) is 1.97. The molecule has 0 bridgehead atoms. The monoisotopic (exact) mass is 257 g/mol. The van der Waals surface area contributed by atoms with E-state index in [1.807, 2.05) is 26.0 Å². The lowest BCUT2D eigenvalue weighted by molar-refractivity contribution is 0.457. The maximum Gasteiger partial charge on any atom is 0.122 e. The Hall–Kier alpha value is -0.540. The second-order valence-corrected chi connectivity index (χ2v) is 4.41. The van der Waals surface area contributed by atoms with Gasteiger partial charge < -0.3 is 10.8 Å². The summed E-state index contributed by atoms with van der Waals surface area (Å²) in [5.74, 6) is 0.589. The van der Waals surface area contributed by atoms with Crippen molar-refractivity contribution >= 4 is 15.9 Å². The summed E-state index contributed by atoms with van der Waals surface area (Å²) in [4.78, 5) is 0. The summed E-state index contributed by atoms with van der Waals surface area (Å²) in [6, 6.07) is 3.88. The minimum Gasteiger partial charge on any atom is -0.507 e. The van der Waals surface area contributed by atoms with Gasteiger partial charge in [-0.1, -0.05) is 29.8 Å². The molecule has 3 heteroatoms. The van der Waals surface area contributed by atoms with Crippen LogP contribution in [-0.2, 0) is 6.42 Å². The summed E-state index contributed by atoms with van der Waals surface area (Å²) in [6.07, 6.45) is 0.829. The Morgan fingerprint density at radius 3 is 2.64 bits per heavy atom. The number of benzene rings is 1. The van der Waals surface area contributed by atoms with Gasteiger partial charge in [0.2, 0.25) is 0 Å². The molecule has 1 aromatic carbocycles. The van der Waals surface area contributed by atoms with E-state index < -0.39 is 0 Å². The summed E-state index contributed by atoms with van der Waals surface area (Å²) >= 11 is 3.43. The number of rotatable bonds is 3. The molecule has 0 aromatic heterocycles. The summed E-state index contributed by atoms with van der Waals surface area (Å²) in [7, 11) is 0. The first-order valence-electron chi connectivity index (χ1n) is 4.81. The molecular formula is C11H16BrNO. The predicted octanol–water partition coefficient (Wildman–Crippen LogP) is 2.78. The highest BCUT2D eigenvalue weighted by atomic mass is 79.9. The van der Waals surface area contributed by atoms with E-state index in [2.05, 4.69) is 15.9 Å². The molecule has 0 aliphatic rings. The molecule has 78 valence electrons. The third-order valence-corrected chi connectivity index (χ3v) is 2.91. The van der Waals surface area contributed by atoms with Crippen molar-refractivity contribution in [3.05, 3.63) is 27.7 Å². The van der Waals surface area contributed by atoms with Crippen LogP contribution in [0.2, 0.25) is 0 Å². The van der Waals surface area contributed by atoms with Gasteiger partial charge in [-0.15, -0.1) is 0 Å². The molecule has 3 N–H and O–H groups in total. The highest BCUT2D eigenvalue weighted by Crippen LogP contribution is 2.32. The third-order valence-electron chi connectivity index (χ3n) is 2.45. The zero-order valence-corrected chi connectivity index (χ0v) is 10.1. The number of hydrogen-bond donors (Lipinski definition) is 2. The molecule has 1 aromatic rings. The van der Waals surface area contributed by atoms with Gasteiger partial charge in [-0.25, -0.2) is 0 Å². The van der Waals surface area contributed by atoms with E-state index in [0.29, 0.717) is 12.3 Å². The van der Waals surface area contributed by atoms with E-state index in [1.54, 1.807) is 0 Å². The van der Waals surface area contributed by atoms with Crippen LogP contribution in [0.15, 0.2) is 16.6 Å². The summed E-state index contributed by atoms with van der Waals surface area (Å²) in [5.41, 5.74) is 7.48. The second kappa shape index (κ2) is 4.80. The molecule has 14 heavy (non-hydrogen) atoms. The van der Waals surface area contributed by atoms with Crippen LogP contribution >= 0.6 is 15.9 Å². The molecule has 0 aliphatic carbocycles. The van der Waals surface area contributed by atoms with Crippen LogP contribution < -0.4 is 5.73 Å². The molecule has 1 atom stereocenters. The zero-order valence-electron chi connectivity index (χ0n) is 8.55. The topological polar surface area (TPSA) is 46.2 Å². The van der Waals surface area contributed by atoms with Crippen molar-refractivity contribution in [2.45, 2.75) is 26.2 Å². The minimum absolute atomic E-state index is 0.192. The predicted molar refractivity (Wildman–Crippen MR) is 62.7 cm³/mol. The largest absolute Gasteiger partial charge is 0.507 e. The summed E-state index contributed by atoms with van der Waals surface area (Å²) in [5, 5.41) is 9.94. The van der Waals surface area contributed by atoms with E-state index in [-0.39, 0.29) is 5.92 Å². The molecule has 0 amide bonds. The Bertz CT molecular complexity index is 325. The van der Waals surface area contributed by atoms with E-state index in [0.717, 1.165) is 22.0 Å². The number of phenols is 1. The van der Waals surface area contributed by atoms with Crippen molar-refractivity contribution in [3.63, 3.8) is 0 Å². The Morgan fingerprint density at radius 1 is 1.50 bits per heavy atom. The third kappa shape index (κ3) is 2.28. The van der Waals surface area contributed by atoms with Crippen molar-refractivity contribution < 1.29 is 5.11 Å². The minimum atomic E-state index is 0.192. The number of aryl methyl sites for hydroxylation is 1. The van der Waals surface area contributed by atoms with Crippen LogP contribution in [0.3, 0.4) is 0 Å². The standard InChI is InChI=1S/C11H16BrNO/c1-3-8-4-9(12)5-10(11(8)14)7(2)6-13/h4-5,7,14H,3,6,13H2,1-2H3. The molecule has 1 rings (SSSR count). The van der Waals surface area contributed by atoms with Gasteiger partial charge in [0, 0.05) is 4.47 Å². The maximum absolute atomic E-state index is 9.94. The first kappa shape index (κ1) is 11.5. The van der Waals surface area contributed by atoms with Crippen LogP contribution in [0.5, 0.6) is 5.75 Å². The Kier molecular flexibility index (Phi) is 3.96. The molecule has 0 aliphatic heterocycles. The van der Waals surface area contributed by atoms with E-state index in [1.165, 1.54) is 0 Å². The molecule has 1 unspecified atom stereocenters. The average Bonchev–Trinajstić information content (AvgIpc) is 2.19. The van der Waals surface area contributed by atoms with E-state index in [9.17, 15) is 5.11 Å². The van der Waals surface area contributed by atoms with Crippen LogP contribution in [-0.4, -0.2) is 11.7 Å². The van der Waals surface area contributed by atoms with Gasteiger partial charge in [0.1, 0.15) is 5.75 Å². The number of hydrogen-bond acceptors (Lipinski definition) is 2. The fraction of sp³-hybridized carbons (Fsp3) is 0.455. The zero-order chi connectivity index (χ0) is 10.7. The average molecular weight is 258 g/mol. The molecule has 0 radical (unpaired) electrons. The number of halogens is 1. The van der Waals surface area contributed by atoms with Gasteiger partial charge in [-0.2, -0.15) is 0 Å². The molecule has 0 spiro atoms. The van der Waals surface area contributed by atoms with Crippen LogP contribution in [0.25, 0.3) is 0 Å². The van der Waals surface area contributed by atoms with Crippen molar-refractivity contribution in [1.82, 2.24) is 0 Å². The molecular weight excluding hydrogens is 242 g/mol. The highest BCUT2D eigenvalue weighted by molar-refractivity contribution is 9.10. The fourth-order valence-electron chi connectivity index (χ4n) is 1.45. The molecule has 0 fully saturated rings. The van der Waals surface area contributed by atoms with Crippen LogP contribution in [0.1, 0.15) is 30.9 Å². The Labute approximate surface area is 93.3 Å². The van der Waals surface area contributed by atoms with Crippen molar-refractivity contribution in [2.75, 3.05) is 6.54 Å². The van der Waals surface area contributed by atoms with Gasteiger partial charge in [0.05, 0.1) is 0 Å². The Balaban J connectivity index is 3.21. The lowest BCUT2D eigenvalue weighted by atomic mass is 9.97. The Morgan fingerprint density at radius 2 is 2.14 bits per heavy atom. The number of aromatic hydroxyl groups is 1. The van der Waals surface area contributed by atoms with Crippen molar-refractivity contribution in [3.8, 4) is 5.75 Å². The van der Waals surface area contributed by atoms with Gasteiger partial charge >= 0.3 is 0 Å². The number of phenolic OH excluding ortho intramolecular Hbond substituents is 1. The lowest BCUT2D eigenvalue weighted by Gasteiger charge is -2.14. The molecule has 0 saturated heterocycles. The molecule has 2 nitrogen and oxygen atoms in total. The summed E-state index contributed by atoms with van der Waals surface area (Å²) in [6.45, 7) is 4.59. The second-order valence-electron chi connectivity index (χ2n) is 3.49. The maximum atomic E-state index is 9.94. The molecule has 0 saturated carbocycles. The smallest absolute Gasteiger partial charge is 0.122 e. The quantitative estimate of drug-likeness (QED) is 0.875. The highest BCUT2D eigenvalue weighted by Gasteiger charge is 2.12. The number of nitrogens with two attached hydrogens (primary N) is 1. The SMILES string of the molecule is CCc1cc(Br)cc(C(C)CN)c1O. The van der Waals surface area contributed by atoms with Gasteiger partial charge in [-0.05, 0) is 42.1 Å². The van der Waals surface area contributed by atoms with Crippen molar-refractivity contribution in [1.29, 1.82) is 0 Å². The van der Waals surface area contributed by atoms with Crippen molar-refractivity contribution in [2.24, 2.45) is 5.73 Å². The van der Waals surface area contributed by atoms with Crippen LogP contribution in [0.4, 0.5) is 0 Å². The van der Waals surface area contributed by atoms with Gasteiger partial charge in [0.15, 0.2) is 0 Å². The first-order chi connectivity index (χ1) is 6.60. The van der Waals surface area contributed by atoms with Gasteiger partial charge in [0.25, 0.3) is 0 Å². The molecule has 0 heterocycles. The lowest BCUT2D eigenvalue weighted by Crippen LogP contribution is -2.09. The van der Waals surface area contributed by atoms with E-state index >= 15 is 0 Å². The summed E-state index contributed by atoms with van der Waals surface area (Å²) < 4.78 is 1.00.